The molecule has 22 heavy (non-hydrogen) atoms. The Balaban J connectivity index is 1.60. The lowest BCUT2D eigenvalue weighted by Gasteiger charge is -2.18. The molecule has 1 aliphatic heterocycles. The molecule has 2 aromatic carbocycles. The monoisotopic (exact) mass is 295 g/mol. The highest BCUT2D eigenvalue weighted by Gasteiger charge is 2.12. The van der Waals surface area contributed by atoms with Crippen molar-refractivity contribution < 1.29 is 4.79 Å². The first-order valence-electron chi connectivity index (χ1n) is 7.71. The molecule has 2 amide bonds. The number of benzene rings is 2. The minimum Gasteiger partial charge on any atom is -0.372 e. The van der Waals surface area contributed by atoms with Crippen molar-refractivity contribution in [3.05, 3.63) is 54.1 Å². The van der Waals surface area contributed by atoms with Crippen LogP contribution in [-0.4, -0.2) is 19.1 Å². The first-order valence-corrected chi connectivity index (χ1v) is 7.71. The van der Waals surface area contributed by atoms with Crippen LogP contribution in [0.3, 0.4) is 0 Å². The number of para-hydroxylation sites is 1. The summed E-state index contributed by atoms with van der Waals surface area (Å²) in [5.41, 5.74) is 3.90. The van der Waals surface area contributed by atoms with Crippen LogP contribution in [0.15, 0.2) is 48.5 Å². The fraction of sp³-hybridized carbons (Fsp3) is 0.278. The first kappa shape index (κ1) is 14.4. The van der Waals surface area contributed by atoms with Crippen LogP contribution in [0.2, 0.25) is 0 Å². The van der Waals surface area contributed by atoms with Gasteiger partial charge in [-0.3, -0.25) is 0 Å². The molecular weight excluding hydrogens is 274 g/mol. The number of carbonyl (C=O) groups is 1. The maximum atomic E-state index is 12.0. The van der Waals surface area contributed by atoms with Crippen LogP contribution in [0.5, 0.6) is 0 Å². The molecule has 1 aliphatic rings. The van der Waals surface area contributed by atoms with E-state index in [0.717, 1.165) is 30.0 Å². The van der Waals surface area contributed by atoms with Gasteiger partial charge in [-0.2, -0.15) is 0 Å². The lowest BCUT2D eigenvalue weighted by atomic mass is 10.2. The molecular formula is C18H21N3O. The lowest BCUT2D eigenvalue weighted by molar-refractivity contribution is 0.262. The summed E-state index contributed by atoms with van der Waals surface area (Å²) in [5, 5.41) is 5.73. The average molecular weight is 295 g/mol. The van der Waals surface area contributed by atoms with Crippen LogP contribution < -0.4 is 15.5 Å². The predicted octanol–water partition coefficient (Wildman–Crippen LogP) is 4.24. The zero-order valence-electron chi connectivity index (χ0n) is 12.8. The van der Waals surface area contributed by atoms with E-state index in [0.29, 0.717) is 0 Å². The molecule has 4 heteroatoms. The molecule has 0 unspecified atom stereocenters. The standard InChI is InChI=1S/C18H21N3O/c1-14-6-2-3-7-17(14)20-18(22)19-15-8-10-16(11-9-15)21-12-4-5-13-21/h2-3,6-11H,4-5,12-13H2,1H3,(H2,19,20,22). The largest absolute Gasteiger partial charge is 0.372 e. The van der Waals surface area contributed by atoms with Gasteiger partial charge in [0.15, 0.2) is 0 Å². The molecule has 0 aliphatic carbocycles. The third-order valence-electron chi connectivity index (χ3n) is 3.99. The van der Waals surface area contributed by atoms with E-state index in [4.69, 9.17) is 0 Å². The molecule has 4 nitrogen and oxygen atoms in total. The van der Waals surface area contributed by atoms with Crippen molar-refractivity contribution in [3.63, 3.8) is 0 Å². The molecule has 0 spiro atoms. The number of anilines is 3. The maximum absolute atomic E-state index is 12.0. The first-order chi connectivity index (χ1) is 10.7. The minimum absolute atomic E-state index is 0.219. The second-order valence-electron chi connectivity index (χ2n) is 5.64. The topological polar surface area (TPSA) is 44.4 Å². The van der Waals surface area contributed by atoms with Crippen LogP contribution >= 0.6 is 0 Å². The molecule has 114 valence electrons. The molecule has 0 atom stereocenters. The Kier molecular flexibility index (Phi) is 4.28. The third-order valence-corrected chi connectivity index (χ3v) is 3.99. The van der Waals surface area contributed by atoms with E-state index in [2.05, 4.69) is 27.7 Å². The molecule has 0 radical (unpaired) electrons. The zero-order chi connectivity index (χ0) is 15.4. The van der Waals surface area contributed by atoms with Crippen molar-refractivity contribution in [1.29, 1.82) is 0 Å². The van der Waals surface area contributed by atoms with Crippen molar-refractivity contribution >= 4 is 23.1 Å². The molecule has 2 aromatic rings. The van der Waals surface area contributed by atoms with Crippen LogP contribution in [0.4, 0.5) is 21.9 Å². The molecule has 0 saturated carbocycles. The van der Waals surface area contributed by atoms with Crippen molar-refractivity contribution in [2.24, 2.45) is 0 Å². The summed E-state index contributed by atoms with van der Waals surface area (Å²) in [6.07, 6.45) is 2.53. The number of aryl methyl sites for hydroxylation is 1. The summed E-state index contributed by atoms with van der Waals surface area (Å²) >= 11 is 0. The van der Waals surface area contributed by atoms with Crippen molar-refractivity contribution in [2.75, 3.05) is 28.6 Å². The van der Waals surface area contributed by atoms with Gasteiger partial charge in [-0.25, -0.2) is 4.79 Å². The van der Waals surface area contributed by atoms with Gasteiger partial charge < -0.3 is 15.5 Å². The fourth-order valence-corrected chi connectivity index (χ4v) is 2.73. The molecule has 1 heterocycles. The predicted molar refractivity (Wildman–Crippen MR) is 91.7 cm³/mol. The Morgan fingerprint density at radius 3 is 2.32 bits per heavy atom. The highest BCUT2D eigenvalue weighted by atomic mass is 16.2. The second-order valence-corrected chi connectivity index (χ2v) is 5.64. The highest BCUT2D eigenvalue weighted by Crippen LogP contribution is 2.22. The number of hydrogen-bond acceptors (Lipinski definition) is 2. The number of carbonyl (C=O) groups excluding carboxylic acids is 1. The molecule has 2 N–H and O–H groups in total. The van der Waals surface area contributed by atoms with E-state index in [9.17, 15) is 4.79 Å². The molecule has 1 saturated heterocycles. The zero-order valence-corrected chi connectivity index (χ0v) is 12.8. The van der Waals surface area contributed by atoms with Gasteiger partial charge in [-0.1, -0.05) is 18.2 Å². The van der Waals surface area contributed by atoms with Gasteiger partial charge in [-0.05, 0) is 55.7 Å². The van der Waals surface area contributed by atoms with Gasteiger partial charge in [0.1, 0.15) is 0 Å². The van der Waals surface area contributed by atoms with E-state index in [1.54, 1.807) is 0 Å². The molecule has 0 bridgehead atoms. The Labute approximate surface area is 131 Å². The van der Waals surface area contributed by atoms with Crippen LogP contribution in [0.25, 0.3) is 0 Å². The quantitative estimate of drug-likeness (QED) is 0.889. The van der Waals surface area contributed by atoms with Gasteiger partial charge in [0, 0.05) is 30.2 Å². The van der Waals surface area contributed by atoms with E-state index in [1.807, 2.05) is 43.3 Å². The van der Waals surface area contributed by atoms with Gasteiger partial charge in [-0.15, -0.1) is 0 Å². The number of urea groups is 1. The van der Waals surface area contributed by atoms with Crippen LogP contribution in [-0.2, 0) is 0 Å². The lowest BCUT2D eigenvalue weighted by Crippen LogP contribution is -2.20. The number of amides is 2. The summed E-state index contributed by atoms with van der Waals surface area (Å²) in [7, 11) is 0. The van der Waals surface area contributed by atoms with Gasteiger partial charge >= 0.3 is 6.03 Å². The number of nitrogens with one attached hydrogen (secondary N) is 2. The summed E-state index contributed by atoms with van der Waals surface area (Å²) in [5.74, 6) is 0. The number of rotatable bonds is 3. The Bertz CT molecular complexity index is 646. The second kappa shape index (κ2) is 6.52. The summed E-state index contributed by atoms with van der Waals surface area (Å²) in [6, 6.07) is 15.5. The van der Waals surface area contributed by atoms with Crippen LogP contribution in [0.1, 0.15) is 18.4 Å². The van der Waals surface area contributed by atoms with Gasteiger partial charge in [0.2, 0.25) is 0 Å². The van der Waals surface area contributed by atoms with Gasteiger partial charge in [0.25, 0.3) is 0 Å². The van der Waals surface area contributed by atoms with Gasteiger partial charge in [0.05, 0.1) is 0 Å². The number of hydrogen-bond donors (Lipinski definition) is 2. The Morgan fingerprint density at radius 2 is 1.64 bits per heavy atom. The smallest absolute Gasteiger partial charge is 0.323 e. The average Bonchev–Trinajstić information content (AvgIpc) is 3.05. The van der Waals surface area contributed by atoms with Crippen molar-refractivity contribution in [3.8, 4) is 0 Å². The van der Waals surface area contributed by atoms with E-state index in [1.165, 1.54) is 18.5 Å². The van der Waals surface area contributed by atoms with E-state index >= 15 is 0 Å². The summed E-state index contributed by atoms with van der Waals surface area (Å²) in [4.78, 5) is 14.4. The van der Waals surface area contributed by atoms with Crippen LogP contribution in [0, 0.1) is 6.92 Å². The van der Waals surface area contributed by atoms with Crippen molar-refractivity contribution in [2.45, 2.75) is 19.8 Å². The molecule has 0 aromatic heterocycles. The highest BCUT2D eigenvalue weighted by molar-refractivity contribution is 6.00. The Morgan fingerprint density at radius 1 is 0.955 bits per heavy atom. The van der Waals surface area contributed by atoms with E-state index < -0.39 is 0 Å². The third kappa shape index (κ3) is 3.39. The Hall–Kier alpha value is -2.49. The fourth-order valence-electron chi connectivity index (χ4n) is 2.73. The molecule has 1 fully saturated rings. The van der Waals surface area contributed by atoms with Crippen molar-refractivity contribution in [1.82, 2.24) is 0 Å². The SMILES string of the molecule is Cc1ccccc1NC(=O)Nc1ccc(N2CCCC2)cc1. The summed E-state index contributed by atoms with van der Waals surface area (Å²) in [6.45, 7) is 4.22. The maximum Gasteiger partial charge on any atom is 0.323 e. The summed E-state index contributed by atoms with van der Waals surface area (Å²) < 4.78 is 0. The molecule has 3 rings (SSSR count). The normalized spacial score (nSPS) is 14.0. The van der Waals surface area contributed by atoms with E-state index in [-0.39, 0.29) is 6.03 Å². The minimum atomic E-state index is -0.219. The number of nitrogens with zero attached hydrogens (tertiary/aromatic N) is 1.